The van der Waals surface area contributed by atoms with Crippen LogP contribution < -0.4 is 4.74 Å². The van der Waals surface area contributed by atoms with Crippen LogP contribution in [0.5, 0.6) is 5.75 Å². The fourth-order valence-corrected chi connectivity index (χ4v) is 2.46. The highest BCUT2D eigenvalue weighted by Gasteiger charge is 2.25. The highest BCUT2D eigenvalue weighted by molar-refractivity contribution is 7.80. The zero-order valence-corrected chi connectivity index (χ0v) is 10.1. The molecule has 1 aliphatic rings. The molecule has 1 heterocycles. The Balaban J connectivity index is 1.98. The first-order valence-electron chi connectivity index (χ1n) is 5.67. The van der Waals surface area contributed by atoms with Crippen molar-refractivity contribution in [3.05, 3.63) is 65.7 Å². The molecule has 1 nitrogen and oxygen atoms in total. The quantitative estimate of drug-likeness (QED) is 0.702. The second-order valence-electron chi connectivity index (χ2n) is 4.16. The van der Waals surface area contributed by atoms with Gasteiger partial charge < -0.3 is 4.74 Å². The number of hydrogen-bond donors (Lipinski definition) is 0. The lowest BCUT2D eigenvalue weighted by Gasteiger charge is -2.27. The monoisotopic (exact) mass is 240 g/mol. The standard InChI is InChI=1S/C15H12OS/c17-14-10-12-8-4-5-9-13(12)16-15(14)11-6-2-1-3-7-11/h1-9,15H,10H2. The molecule has 2 heteroatoms. The second-order valence-corrected chi connectivity index (χ2v) is 4.68. The summed E-state index contributed by atoms with van der Waals surface area (Å²) in [5.74, 6) is 0.954. The molecule has 0 amide bonds. The summed E-state index contributed by atoms with van der Waals surface area (Å²) in [7, 11) is 0. The van der Waals surface area contributed by atoms with E-state index in [2.05, 4.69) is 18.2 Å². The molecule has 0 spiro atoms. The van der Waals surface area contributed by atoms with E-state index in [0.717, 1.165) is 22.6 Å². The summed E-state index contributed by atoms with van der Waals surface area (Å²) in [6.07, 6.45) is 0.742. The molecule has 0 N–H and O–H groups in total. The highest BCUT2D eigenvalue weighted by atomic mass is 32.1. The number of fused-ring (bicyclic) bond motifs is 1. The van der Waals surface area contributed by atoms with Crippen molar-refractivity contribution in [3.8, 4) is 5.75 Å². The third-order valence-electron chi connectivity index (χ3n) is 2.98. The van der Waals surface area contributed by atoms with E-state index in [4.69, 9.17) is 17.0 Å². The van der Waals surface area contributed by atoms with Gasteiger partial charge in [-0.15, -0.1) is 0 Å². The normalized spacial score (nSPS) is 18.4. The van der Waals surface area contributed by atoms with Crippen molar-refractivity contribution in [1.82, 2.24) is 0 Å². The van der Waals surface area contributed by atoms with E-state index in [1.165, 1.54) is 5.56 Å². The van der Waals surface area contributed by atoms with E-state index in [1.54, 1.807) is 0 Å². The van der Waals surface area contributed by atoms with Gasteiger partial charge in [-0.2, -0.15) is 0 Å². The predicted molar refractivity (Wildman–Crippen MR) is 72.6 cm³/mol. The summed E-state index contributed by atoms with van der Waals surface area (Å²) in [6, 6.07) is 18.3. The van der Waals surface area contributed by atoms with Gasteiger partial charge in [0, 0.05) is 11.3 Å². The molecule has 3 rings (SSSR count). The molecule has 0 saturated heterocycles. The van der Waals surface area contributed by atoms with Crippen LogP contribution in [0.4, 0.5) is 0 Å². The Morgan fingerprint density at radius 1 is 0.941 bits per heavy atom. The van der Waals surface area contributed by atoms with Crippen molar-refractivity contribution < 1.29 is 4.74 Å². The first kappa shape index (κ1) is 10.5. The second kappa shape index (κ2) is 4.30. The van der Waals surface area contributed by atoms with Crippen LogP contribution in [0.1, 0.15) is 17.2 Å². The maximum absolute atomic E-state index is 5.99. The number of para-hydroxylation sites is 1. The molecule has 0 bridgehead atoms. The van der Waals surface area contributed by atoms with Gasteiger partial charge in [0.1, 0.15) is 5.75 Å². The lowest BCUT2D eigenvalue weighted by atomic mass is 9.97. The highest BCUT2D eigenvalue weighted by Crippen LogP contribution is 2.33. The molecule has 0 aliphatic carbocycles. The average molecular weight is 240 g/mol. The summed E-state index contributed by atoms with van der Waals surface area (Å²) in [5.41, 5.74) is 2.32. The molecule has 84 valence electrons. The fraction of sp³-hybridized carbons (Fsp3) is 0.133. The van der Waals surface area contributed by atoms with Gasteiger partial charge in [0.2, 0.25) is 0 Å². The van der Waals surface area contributed by atoms with Crippen molar-refractivity contribution in [2.75, 3.05) is 0 Å². The minimum Gasteiger partial charge on any atom is -0.480 e. The van der Waals surface area contributed by atoms with Gasteiger partial charge in [-0.3, -0.25) is 0 Å². The zero-order chi connectivity index (χ0) is 11.7. The summed E-state index contributed by atoms with van der Waals surface area (Å²) in [4.78, 5) is 0.954. The Morgan fingerprint density at radius 3 is 2.47 bits per heavy atom. The molecule has 17 heavy (non-hydrogen) atoms. The molecule has 0 saturated carbocycles. The van der Waals surface area contributed by atoms with Crippen molar-refractivity contribution in [1.29, 1.82) is 0 Å². The van der Waals surface area contributed by atoms with Crippen molar-refractivity contribution >= 4 is 17.1 Å². The summed E-state index contributed by atoms with van der Waals surface area (Å²) >= 11 is 5.46. The minimum absolute atomic E-state index is 0.0823. The van der Waals surface area contributed by atoms with Crippen LogP contribution in [0, 0.1) is 0 Å². The largest absolute Gasteiger partial charge is 0.480 e. The average Bonchev–Trinajstić information content (AvgIpc) is 2.39. The third kappa shape index (κ3) is 1.96. The van der Waals surface area contributed by atoms with Crippen LogP contribution in [0.3, 0.4) is 0 Å². The van der Waals surface area contributed by atoms with Gasteiger partial charge in [0.15, 0.2) is 6.10 Å². The van der Waals surface area contributed by atoms with Gasteiger partial charge in [0.05, 0.1) is 0 Å². The molecule has 2 aromatic carbocycles. The molecule has 1 atom stereocenters. The lowest BCUT2D eigenvalue weighted by Crippen LogP contribution is -2.24. The summed E-state index contributed by atoms with van der Waals surface area (Å²) in [6.45, 7) is 0. The third-order valence-corrected chi connectivity index (χ3v) is 3.34. The van der Waals surface area contributed by atoms with Crippen molar-refractivity contribution in [2.45, 2.75) is 12.5 Å². The number of benzene rings is 2. The van der Waals surface area contributed by atoms with Crippen molar-refractivity contribution in [2.24, 2.45) is 0 Å². The van der Waals surface area contributed by atoms with Crippen LogP contribution in [0.15, 0.2) is 54.6 Å². The van der Waals surface area contributed by atoms with E-state index in [-0.39, 0.29) is 6.10 Å². The van der Waals surface area contributed by atoms with E-state index in [0.29, 0.717) is 0 Å². The zero-order valence-electron chi connectivity index (χ0n) is 9.30. The minimum atomic E-state index is -0.0823. The summed E-state index contributed by atoms with van der Waals surface area (Å²) < 4.78 is 5.99. The smallest absolute Gasteiger partial charge is 0.155 e. The van der Waals surface area contributed by atoms with Gasteiger partial charge in [0.25, 0.3) is 0 Å². The predicted octanol–water partition coefficient (Wildman–Crippen LogP) is 3.73. The summed E-state index contributed by atoms with van der Waals surface area (Å²) in [5, 5.41) is 0. The Bertz CT molecular complexity index is 548. The molecule has 0 aromatic heterocycles. The first-order chi connectivity index (χ1) is 8.34. The van der Waals surface area contributed by atoms with Gasteiger partial charge in [-0.25, -0.2) is 0 Å². The first-order valence-corrected chi connectivity index (χ1v) is 6.07. The number of hydrogen-bond acceptors (Lipinski definition) is 2. The van der Waals surface area contributed by atoms with Gasteiger partial charge >= 0.3 is 0 Å². The number of rotatable bonds is 1. The molecule has 0 radical (unpaired) electrons. The molecule has 2 aromatic rings. The Labute approximate surface area is 106 Å². The van der Waals surface area contributed by atoms with E-state index in [1.807, 2.05) is 36.4 Å². The fourth-order valence-electron chi connectivity index (χ4n) is 2.12. The molecule has 1 unspecified atom stereocenters. The Morgan fingerprint density at radius 2 is 1.65 bits per heavy atom. The maximum Gasteiger partial charge on any atom is 0.155 e. The topological polar surface area (TPSA) is 9.23 Å². The molecular formula is C15H12OS. The van der Waals surface area contributed by atoms with Crippen LogP contribution in [-0.4, -0.2) is 4.86 Å². The lowest BCUT2D eigenvalue weighted by molar-refractivity contribution is 0.264. The maximum atomic E-state index is 5.99. The van der Waals surface area contributed by atoms with Crippen LogP contribution in [0.2, 0.25) is 0 Å². The number of thiocarbonyl (C=S) groups is 1. The number of ether oxygens (including phenoxy) is 1. The van der Waals surface area contributed by atoms with E-state index in [9.17, 15) is 0 Å². The Hall–Kier alpha value is -1.67. The van der Waals surface area contributed by atoms with Gasteiger partial charge in [-0.1, -0.05) is 60.7 Å². The van der Waals surface area contributed by atoms with Gasteiger partial charge in [-0.05, 0) is 17.2 Å². The van der Waals surface area contributed by atoms with E-state index < -0.39 is 0 Å². The Kier molecular flexibility index (Phi) is 2.65. The molecule has 1 aliphatic heterocycles. The van der Waals surface area contributed by atoms with Crippen LogP contribution in [-0.2, 0) is 6.42 Å². The molecular weight excluding hydrogens is 228 g/mol. The van der Waals surface area contributed by atoms with Crippen LogP contribution >= 0.6 is 12.2 Å². The van der Waals surface area contributed by atoms with Crippen molar-refractivity contribution in [3.63, 3.8) is 0 Å². The molecule has 0 fully saturated rings. The SMILES string of the molecule is S=C1Cc2ccccc2OC1c1ccccc1. The van der Waals surface area contributed by atoms with E-state index >= 15 is 0 Å². The van der Waals surface area contributed by atoms with Crippen LogP contribution in [0.25, 0.3) is 0 Å².